The second-order valence-electron chi connectivity index (χ2n) is 5.26. The minimum atomic E-state index is -0.785. The van der Waals surface area contributed by atoms with Gasteiger partial charge in [-0.1, -0.05) is 6.07 Å². The summed E-state index contributed by atoms with van der Waals surface area (Å²) in [4.78, 5) is 23.9. The number of aliphatic hydroxyl groups is 1. The third kappa shape index (κ3) is 4.71. The van der Waals surface area contributed by atoms with Gasteiger partial charge in [-0.2, -0.15) is 0 Å². The van der Waals surface area contributed by atoms with Crippen molar-refractivity contribution in [3.05, 3.63) is 33.9 Å². The normalized spacial score (nSPS) is 12.1. The molecule has 0 heterocycles. The van der Waals surface area contributed by atoms with E-state index in [4.69, 9.17) is 0 Å². The van der Waals surface area contributed by atoms with Crippen LogP contribution < -0.4 is 10.2 Å². The van der Waals surface area contributed by atoms with E-state index in [-0.39, 0.29) is 24.2 Å². The molecule has 0 aliphatic heterocycles. The van der Waals surface area contributed by atoms with Gasteiger partial charge in [-0.3, -0.25) is 14.9 Å². The maximum absolute atomic E-state index is 11.7. The zero-order valence-electron chi connectivity index (χ0n) is 12.7. The number of likely N-dealkylation sites (N-methyl/N-ethyl adjacent to an activating group) is 1. The smallest absolute Gasteiger partial charge is 0.292 e. The Hall–Kier alpha value is -2.15. The molecule has 0 bridgehead atoms. The predicted molar refractivity (Wildman–Crippen MR) is 80.3 cm³/mol. The van der Waals surface area contributed by atoms with Gasteiger partial charge in [-0.15, -0.1) is 0 Å². The molecule has 7 nitrogen and oxygen atoms in total. The predicted octanol–water partition coefficient (Wildman–Crippen LogP) is 1.61. The molecule has 0 aromatic heterocycles. The van der Waals surface area contributed by atoms with E-state index < -0.39 is 11.0 Å². The van der Waals surface area contributed by atoms with Crippen molar-refractivity contribution in [2.24, 2.45) is 0 Å². The van der Waals surface area contributed by atoms with Gasteiger partial charge in [0.2, 0.25) is 5.91 Å². The van der Waals surface area contributed by atoms with Gasteiger partial charge in [0.05, 0.1) is 17.6 Å². The summed E-state index contributed by atoms with van der Waals surface area (Å²) in [5.74, 6) is -0.207. The molecule has 116 valence electrons. The van der Waals surface area contributed by atoms with E-state index in [1.165, 1.54) is 11.0 Å². The van der Waals surface area contributed by atoms with Gasteiger partial charge in [-0.05, 0) is 32.4 Å². The van der Waals surface area contributed by atoms with Crippen molar-refractivity contribution in [1.29, 1.82) is 0 Å². The minimum absolute atomic E-state index is 0.0125. The van der Waals surface area contributed by atoms with Gasteiger partial charge in [-0.25, -0.2) is 0 Å². The fourth-order valence-electron chi connectivity index (χ4n) is 1.94. The number of aliphatic hydroxyl groups excluding tert-OH is 1. The van der Waals surface area contributed by atoms with Crippen LogP contribution in [-0.2, 0) is 4.79 Å². The third-order valence-electron chi connectivity index (χ3n) is 2.92. The quantitative estimate of drug-likeness (QED) is 0.614. The molecule has 0 saturated heterocycles. The highest BCUT2D eigenvalue weighted by Gasteiger charge is 2.20. The molecular formula is C14H21N3O4. The summed E-state index contributed by atoms with van der Waals surface area (Å²) < 4.78 is 0. The van der Waals surface area contributed by atoms with Crippen LogP contribution in [0.4, 0.5) is 11.4 Å². The Bertz CT molecular complexity index is 529. The number of hydrogen-bond acceptors (Lipinski definition) is 5. The molecule has 0 saturated carbocycles. The maximum atomic E-state index is 11.7. The molecule has 1 atom stereocenters. The average Bonchev–Trinajstić information content (AvgIpc) is 2.36. The highest BCUT2D eigenvalue weighted by atomic mass is 16.6. The number of hydrogen-bond donors (Lipinski definition) is 2. The Kier molecular flexibility index (Phi) is 5.66. The molecule has 0 aliphatic carbocycles. The summed E-state index contributed by atoms with van der Waals surface area (Å²) in [6, 6.07) is 4.50. The lowest BCUT2D eigenvalue weighted by molar-refractivity contribution is -0.384. The number of amides is 1. The summed E-state index contributed by atoms with van der Waals surface area (Å²) in [6.07, 6.45) is -0.785. The SMILES string of the molecule is CC(C)NC(=O)CN(C)c1ccc([C@@H](C)O)cc1[N+](=O)[O-]. The zero-order chi connectivity index (χ0) is 16.2. The van der Waals surface area contributed by atoms with Crippen molar-refractivity contribution < 1.29 is 14.8 Å². The van der Waals surface area contributed by atoms with Crippen molar-refractivity contribution in [2.45, 2.75) is 32.9 Å². The summed E-state index contributed by atoms with van der Waals surface area (Å²) in [6.45, 7) is 5.25. The number of nitro benzene ring substituents is 1. The van der Waals surface area contributed by atoms with Gasteiger partial charge in [0, 0.05) is 19.2 Å². The van der Waals surface area contributed by atoms with Gasteiger partial charge < -0.3 is 15.3 Å². The summed E-state index contributed by atoms with van der Waals surface area (Å²) in [7, 11) is 1.62. The van der Waals surface area contributed by atoms with Crippen LogP contribution in [0.25, 0.3) is 0 Å². The molecule has 1 rings (SSSR count). The van der Waals surface area contributed by atoms with Crippen LogP contribution in [0.5, 0.6) is 0 Å². The van der Waals surface area contributed by atoms with Crippen LogP contribution in [0.15, 0.2) is 18.2 Å². The number of rotatable bonds is 6. The van der Waals surface area contributed by atoms with E-state index in [1.807, 2.05) is 13.8 Å². The minimum Gasteiger partial charge on any atom is -0.389 e. The summed E-state index contributed by atoms with van der Waals surface area (Å²) in [5.41, 5.74) is 0.669. The Morgan fingerprint density at radius 3 is 2.52 bits per heavy atom. The molecule has 1 amide bonds. The van der Waals surface area contributed by atoms with E-state index in [0.29, 0.717) is 11.3 Å². The van der Waals surface area contributed by atoms with Crippen molar-refractivity contribution in [1.82, 2.24) is 5.32 Å². The first-order valence-corrected chi connectivity index (χ1v) is 6.69. The Morgan fingerprint density at radius 1 is 1.43 bits per heavy atom. The van der Waals surface area contributed by atoms with Crippen LogP contribution in [0.2, 0.25) is 0 Å². The summed E-state index contributed by atoms with van der Waals surface area (Å²) in [5, 5.41) is 23.4. The van der Waals surface area contributed by atoms with Crippen LogP contribution in [0.1, 0.15) is 32.4 Å². The summed E-state index contributed by atoms with van der Waals surface area (Å²) >= 11 is 0. The Labute approximate surface area is 123 Å². The van der Waals surface area contributed by atoms with E-state index in [1.54, 1.807) is 26.1 Å². The molecule has 0 radical (unpaired) electrons. The largest absolute Gasteiger partial charge is 0.389 e. The lowest BCUT2D eigenvalue weighted by Gasteiger charge is -2.20. The van der Waals surface area contributed by atoms with Gasteiger partial charge in [0.15, 0.2) is 0 Å². The first-order valence-electron chi connectivity index (χ1n) is 6.69. The number of benzene rings is 1. The highest BCUT2D eigenvalue weighted by molar-refractivity contribution is 5.82. The average molecular weight is 295 g/mol. The first-order chi connectivity index (χ1) is 9.72. The third-order valence-corrected chi connectivity index (χ3v) is 2.92. The van der Waals surface area contributed by atoms with Crippen LogP contribution in [0.3, 0.4) is 0 Å². The monoisotopic (exact) mass is 295 g/mol. The van der Waals surface area contributed by atoms with E-state index in [2.05, 4.69) is 5.32 Å². The molecule has 0 spiro atoms. The molecule has 0 fully saturated rings. The van der Waals surface area contributed by atoms with Crippen LogP contribution in [-0.4, -0.2) is 35.6 Å². The number of nitrogens with one attached hydrogen (secondary N) is 1. The lowest BCUT2D eigenvalue weighted by atomic mass is 10.1. The van der Waals surface area contributed by atoms with Crippen LogP contribution >= 0.6 is 0 Å². The molecule has 0 unspecified atom stereocenters. The second kappa shape index (κ2) is 7.03. The number of nitrogens with zero attached hydrogens (tertiary/aromatic N) is 2. The van der Waals surface area contributed by atoms with Crippen molar-refractivity contribution in [3.63, 3.8) is 0 Å². The van der Waals surface area contributed by atoms with E-state index >= 15 is 0 Å². The zero-order valence-corrected chi connectivity index (χ0v) is 12.7. The van der Waals surface area contributed by atoms with Crippen molar-refractivity contribution in [3.8, 4) is 0 Å². The van der Waals surface area contributed by atoms with Crippen molar-refractivity contribution in [2.75, 3.05) is 18.5 Å². The molecular weight excluding hydrogens is 274 g/mol. The second-order valence-corrected chi connectivity index (χ2v) is 5.26. The maximum Gasteiger partial charge on any atom is 0.292 e. The fourth-order valence-corrected chi connectivity index (χ4v) is 1.94. The lowest BCUT2D eigenvalue weighted by Crippen LogP contribution is -2.38. The first kappa shape index (κ1) is 16.9. The number of nitro groups is 1. The van der Waals surface area contributed by atoms with Crippen molar-refractivity contribution >= 4 is 17.3 Å². The standard InChI is InChI=1S/C14H21N3O4/c1-9(2)15-14(19)8-16(4)12-6-5-11(10(3)18)7-13(12)17(20)21/h5-7,9-10,18H,8H2,1-4H3,(H,15,19)/t10-/m1/s1. The fraction of sp³-hybridized carbons (Fsp3) is 0.500. The van der Waals surface area contributed by atoms with E-state index in [0.717, 1.165) is 0 Å². The van der Waals surface area contributed by atoms with Crippen LogP contribution in [0, 0.1) is 10.1 Å². The highest BCUT2D eigenvalue weighted by Crippen LogP contribution is 2.30. The molecule has 21 heavy (non-hydrogen) atoms. The van der Waals surface area contributed by atoms with Gasteiger partial charge >= 0.3 is 0 Å². The number of carbonyl (C=O) groups is 1. The molecule has 7 heteroatoms. The Balaban J connectivity index is 3.00. The molecule has 2 N–H and O–H groups in total. The Morgan fingerprint density at radius 2 is 2.05 bits per heavy atom. The number of carbonyl (C=O) groups excluding carboxylic acids is 1. The molecule has 1 aromatic carbocycles. The van der Waals surface area contributed by atoms with Gasteiger partial charge in [0.1, 0.15) is 5.69 Å². The topological polar surface area (TPSA) is 95.7 Å². The van der Waals surface area contributed by atoms with E-state index in [9.17, 15) is 20.0 Å². The number of anilines is 1. The van der Waals surface area contributed by atoms with Gasteiger partial charge in [0.25, 0.3) is 5.69 Å². The molecule has 0 aliphatic rings. The molecule has 1 aromatic rings.